The van der Waals surface area contributed by atoms with Crippen molar-refractivity contribution in [3.05, 3.63) is 29.6 Å². The van der Waals surface area contributed by atoms with Crippen LogP contribution in [0.4, 0.5) is 0 Å². The van der Waals surface area contributed by atoms with Crippen LogP contribution < -0.4 is 0 Å². The lowest BCUT2D eigenvalue weighted by atomic mass is 10.2. The van der Waals surface area contributed by atoms with E-state index < -0.39 is 5.97 Å². The highest BCUT2D eigenvalue weighted by Gasteiger charge is 2.19. The molecule has 0 N–H and O–H groups in total. The van der Waals surface area contributed by atoms with E-state index in [4.69, 9.17) is 0 Å². The van der Waals surface area contributed by atoms with Gasteiger partial charge in [0.05, 0.1) is 12.8 Å². The van der Waals surface area contributed by atoms with E-state index in [1.807, 2.05) is 24.7 Å². The summed E-state index contributed by atoms with van der Waals surface area (Å²) in [5.41, 5.74) is 1.03. The molecule has 2 aromatic heterocycles. The zero-order chi connectivity index (χ0) is 13.1. The predicted molar refractivity (Wildman–Crippen MR) is 63.0 cm³/mol. The van der Waals surface area contributed by atoms with Crippen LogP contribution in [0.1, 0.15) is 28.9 Å². The Balaban J connectivity index is 2.32. The number of imidazole rings is 1. The topological polar surface area (TPSA) is 74.8 Å². The minimum atomic E-state index is -0.460. The first-order chi connectivity index (χ1) is 8.67. The second kappa shape index (κ2) is 4.99. The van der Waals surface area contributed by atoms with Crippen LogP contribution in [0.5, 0.6) is 0 Å². The van der Waals surface area contributed by atoms with Crippen molar-refractivity contribution in [1.82, 2.24) is 24.5 Å². The number of aromatic nitrogens is 5. The number of aryl methyl sites for hydroxylation is 1. The average molecular weight is 249 g/mol. The third-order valence-electron chi connectivity index (χ3n) is 2.76. The Morgan fingerprint density at radius 3 is 2.83 bits per heavy atom. The quantitative estimate of drug-likeness (QED) is 0.734. The molecule has 0 unspecified atom stereocenters. The summed E-state index contributed by atoms with van der Waals surface area (Å²) in [6.45, 7) is 2.43. The van der Waals surface area contributed by atoms with Gasteiger partial charge in [-0.3, -0.25) is 0 Å². The lowest BCUT2D eigenvalue weighted by Crippen LogP contribution is -2.12. The molecule has 0 fully saturated rings. The molecule has 2 aromatic rings. The molecule has 2 rings (SSSR count). The van der Waals surface area contributed by atoms with Crippen LogP contribution in [0, 0.1) is 0 Å². The van der Waals surface area contributed by atoms with Crippen molar-refractivity contribution in [2.75, 3.05) is 7.11 Å². The summed E-state index contributed by atoms with van der Waals surface area (Å²) in [6, 6.07) is 0. The Labute approximate surface area is 104 Å². The van der Waals surface area contributed by atoms with Gasteiger partial charge in [0, 0.05) is 19.4 Å². The van der Waals surface area contributed by atoms with E-state index in [1.54, 1.807) is 10.9 Å². The standard InChI is InChI=1S/C11H15N5O2/c1-4-8-10(11(17)18-3)13-14-16(8)7-9-12-5-6-15(9)2/h5-6H,4,7H2,1-3H3. The highest BCUT2D eigenvalue weighted by atomic mass is 16.5. The maximum Gasteiger partial charge on any atom is 0.360 e. The van der Waals surface area contributed by atoms with Gasteiger partial charge in [-0.05, 0) is 6.42 Å². The Morgan fingerprint density at radius 1 is 1.50 bits per heavy atom. The molecule has 0 aliphatic heterocycles. The van der Waals surface area contributed by atoms with Crippen LogP contribution in [0.3, 0.4) is 0 Å². The van der Waals surface area contributed by atoms with Crippen molar-refractivity contribution < 1.29 is 9.53 Å². The van der Waals surface area contributed by atoms with Gasteiger partial charge in [0.15, 0.2) is 5.69 Å². The van der Waals surface area contributed by atoms with E-state index in [0.29, 0.717) is 13.0 Å². The number of hydrogen-bond donors (Lipinski definition) is 0. The zero-order valence-electron chi connectivity index (χ0n) is 10.6. The normalized spacial score (nSPS) is 10.6. The van der Waals surface area contributed by atoms with Crippen molar-refractivity contribution in [3.8, 4) is 0 Å². The van der Waals surface area contributed by atoms with Crippen LogP contribution >= 0.6 is 0 Å². The lowest BCUT2D eigenvalue weighted by Gasteiger charge is -2.05. The molecular formula is C11H15N5O2. The number of rotatable bonds is 4. The van der Waals surface area contributed by atoms with Gasteiger partial charge < -0.3 is 9.30 Å². The summed E-state index contributed by atoms with van der Waals surface area (Å²) in [4.78, 5) is 15.7. The molecule has 0 radical (unpaired) electrons. The Kier molecular flexibility index (Phi) is 3.40. The van der Waals surface area contributed by atoms with Crippen molar-refractivity contribution in [2.45, 2.75) is 19.9 Å². The summed E-state index contributed by atoms with van der Waals surface area (Å²) in [5, 5.41) is 7.85. The van der Waals surface area contributed by atoms with Gasteiger partial charge in [0.2, 0.25) is 0 Å². The molecule has 0 amide bonds. The minimum absolute atomic E-state index is 0.272. The van der Waals surface area contributed by atoms with Gasteiger partial charge in [-0.1, -0.05) is 12.1 Å². The first-order valence-corrected chi connectivity index (χ1v) is 5.64. The molecule has 0 aliphatic rings. The summed E-state index contributed by atoms with van der Waals surface area (Å²) < 4.78 is 8.25. The molecule has 96 valence electrons. The van der Waals surface area contributed by atoms with Crippen molar-refractivity contribution in [3.63, 3.8) is 0 Å². The van der Waals surface area contributed by atoms with Gasteiger partial charge in [0.1, 0.15) is 12.4 Å². The number of carbonyl (C=O) groups excluding carboxylic acids is 1. The van der Waals surface area contributed by atoms with Gasteiger partial charge in [0.25, 0.3) is 0 Å². The fourth-order valence-corrected chi connectivity index (χ4v) is 1.75. The van der Waals surface area contributed by atoms with Gasteiger partial charge in [-0.15, -0.1) is 5.10 Å². The second-order valence-electron chi connectivity index (χ2n) is 3.84. The fraction of sp³-hybridized carbons (Fsp3) is 0.455. The molecular weight excluding hydrogens is 234 g/mol. The number of methoxy groups -OCH3 is 1. The molecule has 0 aromatic carbocycles. The van der Waals surface area contributed by atoms with E-state index in [9.17, 15) is 4.79 Å². The predicted octanol–water partition coefficient (Wildman–Crippen LogP) is 0.409. The van der Waals surface area contributed by atoms with Crippen LogP contribution in [-0.2, 0) is 24.8 Å². The van der Waals surface area contributed by atoms with Crippen LogP contribution in [0.2, 0.25) is 0 Å². The number of hydrogen-bond acceptors (Lipinski definition) is 5. The highest BCUT2D eigenvalue weighted by molar-refractivity contribution is 5.88. The molecule has 0 atom stereocenters. The monoisotopic (exact) mass is 249 g/mol. The van der Waals surface area contributed by atoms with Crippen molar-refractivity contribution >= 4 is 5.97 Å². The smallest absolute Gasteiger partial charge is 0.360 e. The maximum atomic E-state index is 11.5. The maximum absolute atomic E-state index is 11.5. The van der Waals surface area contributed by atoms with Crippen LogP contribution in [0.15, 0.2) is 12.4 Å². The molecule has 18 heavy (non-hydrogen) atoms. The van der Waals surface area contributed by atoms with E-state index >= 15 is 0 Å². The summed E-state index contributed by atoms with van der Waals surface area (Å²) in [6.07, 6.45) is 4.24. The first kappa shape index (κ1) is 12.3. The number of carbonyl (C=O) groups is 1. The van der Waals surface area contributed by atoms with E-state index in [0.717, 1.165) is 11.5 Å². The Morgan fingerprint density at radius 2 is 2.28 bits per heavy atom. The number of esters is 1. The molecule has 7 heteroatoms. The Hall–Kier alpha value is -2.18. The van der Waals surface area contributed by atoms with Crippen LogP contribution in [-0.4, -0.2) is 37.6 Å². The third kappa shape index (κ3) is 2.11. The summed E-state index contributed by atoms with van der Waals surface area (Å²) in [5.74, 6) is 0.393. The molecule has 0 spiro atoms. The summed E-state index contributed by atoms with van der Waals surface area (Å²) >= 11 is 0. The van der Waals surface area contributed by atoms with E-state index in [1.165, 1.54) is 7.11 Å². The van der Waals surface area contributed by atoms with Gasteiger partial charge in [-0.2, -0.15) is 0 Å². The minimum Gasteiger partial charge on any atom is -0.464 e. The Bertz CT molecular complexity index is 558. The number of nitrogens with zero attached hydrogens (tertiary/aromatic N) is 5. The first-order valence-electron chi connectivity index (χ1n) is 5.64. The van der Waals surface area contributed by atoms with E-state index in [-0.39, 0.29) is 5.69 Å². The molecule has 0 aliphatic carbocycles. The van der Waals surface area contributed by atoms with Gasteiger partial charge >= 0.3 is 5.97 Å². The van der Waals surface area contributed by atoms with E-state index in [2.05, 4.69) is 20.0 Å². The van der Waals surface area contributed by atoms with Crippen LogP contribution in [0.25, 0.3) is 0 Å². The lowest BCUT2D eigenvalue weighted by molar-refractivity contribution is 0.0592. The second-order valence-corrected chi connectivity index (χ2v) is 3.84. The molecule has 0 saturated carbocycles. The van der Waals surface area contributed by atoms with Gasteiger partial charge in [-0.25, -0.2) is 14.5 Å². The third-order valence-corrected chi connectivity index (χ3v) is 2.76. The average Bonchev–Trinajstić information content (AvgIpc) is 2.96. The molecule has 7 nitrogen and oxygen atoms in total. The largest absolute Gasteiger partial charge is 0.464 e. The highest BCUT2D eigenvalue weighted by Crippen LogP contribution is 2.09. The molecule has 2 heterocycles. The van der Waals surface area contributed by atoms with Crippen molar-refractivity contribution in [1.29, 1.82) is 0 Å². The zero-order valence-corrected chi connectivity index (χ0v) is 10.6. The van der Waals surface area contributed by atoms with Crippen molar-refractivity contribution in [2.24, 2.45) is 7.05 Å². The number of ether oxygens (including phenoxy) is 1. The fourth-order valence-electron chi connectivity index (χ4n) is 1.75. The molecule has 0 saturated heterocycles. The molecule has 0 bridgehead atoms. The summed E-state index contributed by atoms with van der Waals surface area (Å²) in [7, 11) is 3.24. The SMILES string of the molecule is CCc1c(C(=O)OC)nnn1Cc1nccn1C.